The standard InChI is InChI=1S/C20H22BrNO3/c21-18-6-2-5-17(12-18)20(23)22-13-15-3-1-4-16(11-15)14-25-19-7-9-24-10-8-19/h1-6,11-12,19H,7-10,13-14H2,(H,22,23). The number of nitrogens with one attached hydrogen (secondary N) is 1. The maximum Gasteiger partial charge on any atom is 0.251 e. The average molecular weight is 404 g/mol. The lowest BCUT2D eigenvalue weighted by atomic mass is 10.1. The van der Waals surface area contributed by atoms with Crippen LogP contribution >= 0.6 is 15.9 Å². The lowest BCUT2D eigenvalue weighted by molar-refractivity contribution is -0.0390. The molecule has 5 heteroatoms. The molecule has 0 aliphatic carbocycles. The van der Waals surface area contributed by atoms with Gasteiger partial charge in [0.1, 0.15) is 0 Å². The Balaban J connectivity index is 1.51. The molecule has 1 aliphatic rings. The number of benzene rings is 2. The van der Waals surface area contributed by atoms with E-state index in [1.807, 2.05) is 30.3 Å². The van der Waals surface area contributed by atoms with Crippen LogP contribution in [0.15, 0.2) is 53.0 Å². The fourth-order valence-electron chi connectivity index (χ4n) is 2.80. The van der Waals surface area contributed by atoms with Crippen LogP contribution in [0.3, 0.4) is 0 Å². The minimum Gasteiger partial charge on any atom is -0.381 e. The summed E-state index contributed by atoms with van der Waals surface area (Å²) < 4.78 is 12.2. The highest BCUT2D eigenvalue weighted by molar-refractivity contribution is 9.10. The molecule has 1 fully saturated rings. The molecule has 0 unspecified atom stereocenters. The number of carbonyl (C=O) groups is 1. The Bertz CT molecular complexity index is 714. The van der Waals surface area contributed by atoms with Gasteiger partial charge in [0.25, 0.3) is 5.91 Å². The minimum absolute atomic E-state index is 0.0786. The molecule has 2 aromatic rings. The molecule has 0 atom stereocenters. The molecule has 0 bridgehead atoms. The van der Waals surface area contributed by atoms with Crippen molar-refractivity contribution in [2.45, 2.75) is 32.1 Å². The van der Waals surface area contributed by atoms with Crippen LogP contribution in [-0.2, 0) is 22.6 Å². The third kappa shape index (κ3) is 5.66. The minimum atomic E-state index is -0.0786. The fraction of sp³-hybridized carbons (Fsp3) is 0.350. The first-order valence-electron chi connectivity index (χ1n) is 8.51. The van der Waals surface area contributed by atoms with Crippen molar-refractivity contribution in [2.75, 3.05) is 13.2 Å². The van der Waals surface area contributed by atoms with Gasteiger partial charge in [0, 0.05) is 29.8 Å². The number of halogens is 1. The Morgan fingerprint density at radius 2 is 1.88 bits per heavy atom. The van der Waals surface area contributed by atoms with E-state index in [0.717, 1.165) is 41.7 Å². The van der Waals surface area contributed by atoms with Crippen LogP contribution in [0.4, 0.5) is 0 Å². The summed E-state index contributed by atoms with van der Waals surface area (Å²) in [6.07, 6.45) is 2.21. The van der Waals surface area contributed by atoms with Crippen LogP contribution in [-0.4, -0.2) is 25.2 Å². The molecule has 1 amide bonds. The van der Waals surface area contributed by atoms with Gasteiger partial charge in [-0.2, -0.15) is 0 Å². The van der Waals surface area contributed by atoms with Crippen molar-refractivity contribution in [3.63, 3.8) is 0 Å². The molecule has 2 aromatic carbocycles. The maximum absolute atomic E-state index is 12.2. The third-order valence-electron chi connectivity index (χ3n) is 4.19. The predicted octanol–water partition coefficient (Wildman–Crippen LogP) is 4.07. The topological polar surface area (TPSA) is 47.6 Å². The van der Waals surface area contributed by atoms with Crippen molar-refractivity contribution < 1.29 is 14.3 Å². The number of hydrogen-bond donors (Lipinski definition) is 1. The number of ether oxygens (including phenoxy) is 2. The summed E-state index contributed by atoms with van der Waals surface area (Å²) in [6, 6.07) is 15.5. The van der Waals surface area contributed by atoms with E-state index >= 15 is 0 Å². The van der Waals surface area contributed by atoms with E-state index in [0.29, 0.717) is 18.7 Å². The number of rotatable bonds is 6. The zero-order chi connectivity index (χ0) is 17.5. The highest BCUT2D eigenvalue weighted by Crippen LogP contribution is 2.15. The molecule has 1 saturated heterocycles. The maximum atomic E-state index is 12.2. The van der Waals surface area contributed by atoms with Gasteiger partial charge in [-0.15, -0.1) is 0 Å². The second-order valence-electron chi connectivity index (χ2n) is 6.14. The van der Waals surface area contributed by atoms with Gasteiger partial charge in [-0.05, 0) is 42.2 Å². The van der Waals surface area contributed by atoms with Crippen LogP contribution in [0.2, 0.25) is 0 Å². The second kappa shape index (κ2) is 9.13. The van der Waals surface area contributed by atoms with E-state index < -0.39 is 0 Å². The molecule has 0 aromatic heterocycles. The van der Waals surface area contributed by atoms with Crippen molar-refractivity contribution >= 4 is 21.8 Å². The van der Waals surface area contributed by atoms with E-state index in [-0.39, 0.29) is 12.0 Å². The smallest absolute Gasteiger partial charge is 0.251 e. The van der Waals surface area contributed by atoms with E-state index in [4.69, 9.17) is 9.47 Å². The van der Waals surface area contributed by atoms with Crippen LogP contribution in [0.1, 0.15) is 34.3 Å². The molecule has 1 heterocycles. The van der Waals surface area contributed by atoms with E-state index in [1.165, 1.54) is 0 Å². The molecule has 132 valence electrons. The highest BCUT2D eigenvalue weighted by Gasteiger charge is 2.14. The zero-order valence-electron chi connectivity index (χ0n) is 14.0. The zero-order valence-corrected chi connectivity index (χ0v) is 15.6. The molecule has 1 aliphatic heterocycles. The van der Waals surface area contributed by atoms with E-state index in [2.05, 4.69) is 33.4 Å². The summed E-state index contributed by atoms with van der Waals surface area (Å²) in [7, 11) is 0. The molecular formula is C20H22BrNO3. The van der Waals surface area contributed by atoms with E-state index in [9.17, 15) is 4.79 Å². The first kappa shape index (κ1) is 18.1. The number of carbonyl (C=O) groups excluding carboxylic acids is 1. The van der Waals surface area contributed by atoms with Crippen LogP contribution in [0.5, 0.6) is 0 Å². The van der Waals surface area contributed by atoms with Crippen LogP contribution < -0.4 is 5.32 Å². The third-order valence-corrected chi connectivity index (χ3v) is 4.68. The number of hydrogen-bond acceptors (Lipinski definition) is 3. The SMILES string of the molecule is O=C(NCc1cccc(COC2CCOCC2)c1)c1cccc(Br)c1. The summed E-state index contributed by atoms with van der Waals surface area (Å²) in [6.45, 7) is 2.66. The lowest BCUT2D eigenvalue weighted by Gasteiger charge is -2.22. The van der Waals surface area contributed by atoms with Crippen LogP contribution in [0, 0.1) is 0 Å². The fourth-order valence-corrected chi connectivity index (χ4v) is 3.20. The molecule has 0 spiro atoms. The Hall–Kier alpha value is -1.69. The Kier molecular flexibility index (Phi) is 6.62. The predicted molar refractivity (Wildman–Crippen MR) is 100 cm³/mol. The van der Waals surface area contributed by atoms with Gasteiger partial charge < -0.3 is 14.8 Å². The van der Waals surface area contributed by atoms with Crippen molar-refractivity contribution in [2.24, 2.45) is 0 Å². The first-order chi connectivity index (χ1) is 12.2. The van der Waals surface area contributed by atoms with Gasteiger partial charge in [-0.3, -0.25) is 4.79 Å². The molecular weight excluding hydrogens is 382 g/mol. The van der Waals surface area contributed by atoms with Gasteiger partial charge in [-0.25, -0.2) is 0 Å². The van der Waals surface area contributed by atoms with Gasteiger partial charge >= 0.3 is 0 Å². The van der Waals surface area contributed by atoms with E-state index in [1.54, 1.807) is 6.07 Å². The van der Waals surface area contributed by atoms with Gasteiger partial charge in [0.2, 0.25) is 0 Å². The Morgan fingerprint density at radius 3 is 2.68 bits per heavy atom. The molecule has 1 N–H and O–H groups in total. The van der Waals surface area contributed by atoms with Crippen molar-refractivity contribution in [3.8, 4) is 0 Å². The molecule has 3 rings (SSSR count). The van der Waals surface area contributed by atoms with Crippen molar-refractivity contribution in [3.05, 3.63) is 69.7 Å². The van der Waals surface area contributed by atoms with Gasteiger partial charge in [0.05, 0.1) is 12.7 Å². The molecule has 25 heavy (non-hydrogen) atoms. The normalized spacial score (nSPS) is 15.1. The van der Waals surface area contributed by atoms with Crippen molar-refractivity contribution in [1.82, 2.24) is 5.32 Å². The van der Waals surface area contributed by atoms with Crippen molar-refractivity contribution in [1.29, 1.82) is 0 Å². The monoisotopic (exact) mass is 403 g/mol. The second-order valence-corrected chi connectivity index (χ2v) is 7.05. The van der Waals surface area contributed by atoms with Gasteiger partial charge in [0.15, 0.2) is 0 Å². The quantitative estimate of drug-likeness (QED) is 0.790. The van der Waals surface area contributed by atoms with Gasteiger partial charge in [-0.1, -0.05) is 46.3 Å². The summed E-state index contributed by atoms with van der Waals surface area (Å²) >= 11 is 3.38. The Labute approximate surface area is 156 Å². The molecule has 4 nitrogen and oxygen atoms in total. The summed E-state index contributed by atoms with van der Waals surface area (Å²) in [5, 5.41) is 2.96. The Morgan fingerprint density at radius 1 is 1.12 bits per heavy atom. The first-order valence-corrected chi connectivity index (χ1v) is 9.31. The summed E-state index contributed by atoms with van der Waals surface area (Å²) in [4.78, 5) is 12.2. The van der Waals surface area contributed by atoms with Crippen LogP contribution in [0.25, 0.3) is 0 Å². The lowest BCUT2D eigenvalue weighted by Crippen LogP contribution is -2.23. The summed E-state index contributed by atoms with van der Waals surface area (Å²) in [5.41, 5.74) is 2.84. The largest absolute Gasteiger partial charge is 0.381 e. The number of amides is 1. The average Bonchev–Trinajstić information content (AvgIpc) is 2.66. The summed E-state index contributed by atoms with van der Waals surface area (Å²) in [5.74, 6) is -0.0786. The molecule has 0 saturated carbocycles. The molecule has 0 radical (unpaired) electrons. The highest BCUT2D eigenvalue weighted by atomic mass is 79.9.